The van der Waals surface area contributed by atoms with Gasteiger partial charge in [0.15, 0.2) is 0 Å². The van der Waals surface area contributed by atoms with Crippen molar-refractivity contribution in [1.29, 1.82) is 0 Å². The van der Waals surface area contributed by atoms with E-state index in [4.69, 9.17) is 33.9 Å². The number of hydrogen-bond acceptors (Lipinski definition) is 3. The van der Waals surface area contributed by atoms with E-state index >= 15 is 0 Å². The predicted molar refractivity (Wildman–Crippen MR) is 87.8 cm³/mol. The smallest absolute Gasteiger partial charge is 0.114 e. The maximum Gasteiger partial charge on any atom is 0.114 e. The normalized spacial score (nSPS) is 16.5. The predicted octanol–water partition coefficient (Wildman–Crippen LogP) is 5.75. The second-order valence-electron chi connectivity index (χ2n) is 5.26. The molecule has 0 atom stereocenters. The van der Waals surface area contributed by atoms with Gasteiger partial charge in [0.05, 0.1) is 5.01 Å². The van der Waals surface area contributed by atoms with Crippen molar-refractivity contribution in [3.63, 3.8) is 0 Å². The molecule has 1 aliphatic carbocycles. The summed E-state index contributed by atoms with van der Waals surface area (Å²) in [6.07, 6.45) is 6.38. The van der Waals surface area contributed by atoms with Crippen LogP contribution in [0, 0.1) is 0 Å². The first-order valence-corrected chi connectivity index (χ1v) is 8.43. The van der Waals surface area contributed by atoms with Crippen molar-refractivity contribution in [3.8, 4) is 11.3 Å². The van der Waals surface area contributed by atoms with Gasteiger partial charge in [-0.15, -0.1) is 11.3 Å². The van der Waals surface area contributed by atoms with Crippen LogP contribution in [0.3, 0.4) is 0 Å². The Hall–Kier alpha value is -0.770. The lowest BCUT2D eigenvalue weighted by Crippen LogP contribution is -2.03. The molecule has 1 aliphatic rings. The molecule has 3 rings (SSSR count). The fourth-order valence-corrected chi connectivity index (χ4v) is 4.32. The number of thiazole rings is 1. The zero-order valence-corrected chi connectivity index (χ0v) is 13.4. The Balaban J connectivity index is 1.95. The van der Waals surface area contributed by atoms with Crippen LogP contribution in [0.25, 0.3) is 11.3 Å². The van der Waals surface area contributed by atoms with Crippen LogP contribution in [-0.4, -0.2) is 4.98 Å². The summed E-state index contributed by atoms with van der Waals surface area (Å²) in [5.41, 5.74) is 7.87. The average Bonchev–Trinajstić information content (AvgIpc) is 2.81. The van der Waals surface area contributed by atoms with Crippen LogP contribution in [0.4, 0.5) is 5.00 Å². The largest absolute Gasteiger partial charge is 0.389 e. The molecule has 0 saturated heterocycles. The van der Waals surface area contributed by atoms with Crippen LogP contribution < -0.4 is 5.73 Å². The number of nitrogens with zero attached hydrogens (tertiary/aromatic N) is 1. The van der Waals surface area contributed by atoms with E-state index in [1.54, 1.807) is 17.4 Å². The van der Waals surface area contributed by atoms with Gasteiger partial charge in [-0.25, -0.2) is 4.98 Å². The standard InChI is InChI=1S/C15H16Cl2N2S/c16-11-6-10(7-12(17)8-11)13-14(18)20-15(19-13)9-4-2-1-3-5-9/h6-9H,1-5,18H2. The van der Waals surface area contributed by atoms with E-state index in [1.807, 2.05) is 12.1 Å². The second-order valence-corrected chi connectivity index (χ2v) is 7.19. The van der Waals surface area contributed by atoms with Gasteiger partial charge in [-0.2, -0.15) is 0 Å². The first-order valence-electron chi connectivity index (χ1n) is 6.86. The van der Waals surface area contributed by atoms with Gasteiger partial charge in [0.2, 0.25) is 0 Å². The highest BCUT2D eigenvalue weighted by Crippen LogP contribution is 2.40. The molecule has 106 valence electrons. The third-order valence-corrected chi connectivity index (χ3v) is 5.24. The summed E-state index contributed by atoms with van der Waals surface area (Å²) in [6.45, 7) is 0. The van der Waals surface area contributed by atoms with Crippen LogP contribution in [0.5, 0.6) is 0 Å². The van der Waals surface area contributed by atoms with Crippen molar-refractivity contribution in [2.45, 2.75) is 38.0 Å². The number of anilines is 1. The summed E-state index contributed by atoms with van der Waals surface area (Å²) in [5, 5.41) is 3.13. The van der Waals surface area contributed by atoms with Crippen molar-refractivity contribution in [2.75, 3.05) is 5.73 Å². The number of hydrogen-bond donors (Lipinski definition) is 1. The molecular weight excluding hydrogens is 311 g/mol. The van der Waals surface area contributed by atoms with Crippen molar-refractivity contribution < 1.29 is 0 Å². The first kappa shape index (κ1) is 14.2. The lowest BCUT2D eigenvalue weighted by molar-refractivity contribution is 0.442. The van der Waals surface area contributed by atoms with Crippen LogP contribution in [0.2, 0.25) is 10.0 Å². The van der Waals surface area contributed by atoms with E-state index in [1.165, 1.54) is 32.1 Å². The van der Waals surface area contributed by atoms with Crippen molar-refractivity contribution in [2.24, 2.45) is 0 Å². The van der Waals surface area contributed by atoms with Crippen molar-refractivity contribution in [3.05, 3.63) is 33.3 Å². The maximum atomic E-state index is 6.15. The fraction of sp³-hybridized carbons (Fsp3) is 0.400. The molecule has 0 spiro atoms. The van der Waals surface area contributed by atoms with E-state index in [2.05, 4.69) is 0 Å². The Labute approximate surface area is 132 Å². The van der Waals surface area contributed by atoms with E-state index in [9.17, 15) is 0 Å². The molecule has 2 aromatic rings. The van der Waals surface area contributed by atoms with E-state index in [-0.39, 0.29) is 0 Å². The second kappa shape index (κ2) is 5.92. The first-order chi connectivity index (χ1) is 9.63. The van der Waals surface area contributed by atoms with Gasteiger partial charge in [-0.05, 0) is 31.0 Å². The summed E-state index contributed by atoms with van der Waals surface area (Å²) < 4.78 is 0. The van der Waals surface area contributed by atoms with Crippen molar-refractivity contribution in [1.82, 2.24) is 4.98 Å². The van der Waals surface area contributed by atoms with Gasteiger partial charge in [0.25, 0.3) is 0 Å². The van der Waals surface area contributed by atoms with Crippen LogP contribution >= 0.6 is 34.5 Å². The molecule has 2 N–H and O–H groups in total. The quantitative estimate of drug-likeness (QED) is 0.763. The Morgan fingerprint density at radius 3 is 2.35 bits per heavy atom. The van der Waals surface area contributed by atoms with Crippen molar-refractivity contribution >= 4 is 39.5 Å². The minimum Gasteiger partial charge on any atom is -0.389 e. The molecule has 0 amide bonds. The van der Waals surface area contributed by atoms with Gasteiger partial charge in [0, 0.05) is 21.5 Å². The van der Waals surface area contributed by atoms with E-state index in [0.717, 1.165) is 21.3 Å². The zero-order valence-electron chi connectivity index (χ0n) is 11.0. The third kappa shape index (κ3) is 2.95. The van der Waals surface area contributed by atoms with Gasteiger partial charge < -0.3 is 5.73 Å². The topological polar surface area (TPSA) is 38.9 Å². The summed E-state index contributed by atoms with van der Waals surface area (Å²) >= 11 is 13.7. The van der Waals surface area contributed by atoms with Crippen LogP contribution in [-0.2, 0) is 0 Å². The Morgan fingerprint density at radius 2 is 1.70 bits per heavy atom. The lowest BCUT2D eigenvalue weighted by atomic mass is 9.90. The number of nitrogen functional groups attached to an aromatic ring is 1. The molecular formula is C15H16Cl2N2S. The van der Waals surface area contributed by atoms with E-state index < -0.39 is 0 Å². The maximum absolute atomic E-state index is 6.15. The average molecular weight is 327 g/mol. The van der Waals surface area contributed by atoms with Gasteiger partial charge in [0.1, 0.15) is 10.7 Å². The molecule has 0 bridgehead atoms. The molecule has 0 radical (unpaired) electrons. The number of halogens is 2. The SMILES string of the molecule is Nc1sc(C2CCCCC2)nc1-c1cc(Cl)cc(Cl)c1. The highest BCUT2D eigenvalue weighted by atomic mass is 35.5. The van der Waals surface area contributed by atoms with Gasteiger partial charge in [-0.1, -0.05) is 42.5 Å². The zero-order chi connectivity index (χ0) is 14.1. The highest BCUT2D eigenvalue weighted by Gasteiger charge is 2.21. The van der Waals surface area contributed by atoms with Gasteiger partial charge in [-0.3, -0.25) is 0 Å². The molecule has 0 unspecified atom stereocenters. The lowest BCUT2D eigenvalue weighted by Gasteiger charge is -2.18. The number of nitrogens with two attached hydrogens (primary N) is 1. The molecule has 20 heavy (non-hydrogen) atoms. The molecule has 2 nitrogen and oxygen atoms in total. The molecule has 1 aromatic carbocycles. The number of rotatable bonds is 2. The Bertz CT molecular complexity index is 598. The third-order valence-electron chi connectivity index (χ3n) is 3.76. The summed E-state index contributed by atoms with van der Waals surface area (Å²) in [4.78, 5) is 4.76. The molecule has 1 fully saturated rings. The Morgan fingerprint density at radius 1 is 1.05 bits per heavy atom. The number of benzene rings is 1. The molecule has 0 aliphatic heterocycles. The van der Waals surface area contributed by atoms with E-state index in [0.29, 0.717) is 16.0 Å². The monoisotopic (exact) mass is 326 g/mol. The molecule has 1 saturated carbocycles. The van der Waals surface area contributed by atoms with Crippen LogP contribution in [0.15, 0.2) is 18.2 Å². The Kier molecular flexibility index (Phi) is 4.20. The highest BCUT2D eigenvalue weighted by molar-refractivity contribution is 7.16. The molecule has 5 heteroatoms. The van der Waals surface area contributed by atoms with Gasteiger partial charge >= 0.3 is 0 Å². The molecule has 1 heterocycles. The summed E-state index contributed by atoms with van der Waals surface area (Å²) in [5.74, 6) is 0.569. The summed E-state index contributed by atoms with van der Waals surface area (Å²) in [6, 6.07) is 5.45. The number of aromatic nitrogens is 1. The molecule has 1 aromatic heterocycles. The minimum atomic E-state index is 0.569. The minimum absolute atomic E-state index is 0.569. The van der Waals surface area contributed by atoms with Crippen LogP contribution in [0.1, 0.15) is 43.0 Å². The summed E-state index contributed by atoms with van der Waals surface area (Å²) in [7, 11) is 0. The fourth-order valence-electron chi connectivity index (χ4n) is 2.77.